The highest BCUT2D eigenvalue weighted by atomic mass is 19.3. The summed E-state index contributed by atoms with van der Waals surface area (Å²) in [4.78, 5) is 41.5. The topological polar surface area (TPSA) is 105 Å². The molecule has 1 aliphatic heterocycles. The van der Waals surface area contributed by atoms with Gasteiger partial charge in [-0.2, -0.15) is 0 Å². The zero-order chi connectivity index (χ0) is 22.9. The number of halogens is 4. The molecule has 1 aromatic heterocycles. The monoisotopic (exact) mass is 438 g/mol. The Bertz CT molecular complexity index is 1050. The molecule has 0 bridgehead atoms. The minimum Gasteiger partial charge on any atom is -0.365 e. The fourth-order valence-electron chi connectivity index (χ4n) is 3.36. The molecule has 1 saturated heterocycles. The van der Waals surface area contributed by atoms with Crippen molar-refractivity contribution in [2.45, 2.75) is 25.3 Å². The number of nitrogens with one attached hydrogen (secondary N) is 1. The highest BCUT2D eigenvalue weighted by Crippen LogP contribution is 2.43. The van der Waals surface area contributed by atoms with Crippen molar-refractivity contribution in [2.24, 2.45) is 11.7 Å². The lowest BCUT2D eigenvalue weighted by Crippen LogP contribution is -2.52. The van der Waals surface area contributed by atoms with Gasteiger partial charge in [0, 0.05) is 25.1 Å². The van der Waals surface area contributed by atoms with E-state index < -0.39 is 60.2 Å². The van der Waals surface area contributed by atoms with E-state index in [9.17, 15) is 31.9 Å². The van der Waals surface area contributed by atoms with E-state index in [2.05, 4.69) is 10.3 Å². The van der Waals surface area contributed by atoms with Crippen molar-refractivity contribution in [3.8, 4) is 0 Å². The molecule has 2 aromatic rings. The summed E-state index contributed by atoms with van der Waals surface area (Å²) in [5.41, 5.74) is 4.97. The number of hydrogen-bond donors (Lipinski definition) is 2. The van der Waals surface area contributed by atoms with Gasteiger partial charge in [-0.3, -0.25) is 14.4 Å². The molecule has 2 heterocycles. The molecule has 31 heavy (non-hydrogen) atoms. The molecular weight excluding hydrogens is 420 g/mol. The number of benzene rings is 1. The minimum absolute atomic E-state index is 0.0812. The molecule has 1 fully saturated rings. The summed E-state index contributed by atoms with van der Waals surface area (Å²) in [6, 6.07) is 3.86. The number of nitrogens with two attached hydrogens (primary N) is 1. The van der Waals surface area contributed by atoms with Gasteiger partial charge in [0.05, 0.1) is 11.6 Å². The first kappa shape index (κ1) is 22.2. The summed E-state index contributed by atoms with van der Waals surface area (Å²) >= 11 is 0. The number of alkyl halides is 2. The number of aromatic nitrogens is 1. The lowest BCUT2D eigenvalue weighted by molar-refractivity contribution is -0.159. The van der Waals surface area contributed by atoms with Crippen molar-refractivity contribution in [3.05, 3.63) is 59.3 Å². The lowest BCUT2D eigenvalue weighted by Gasteiger charge is -2.42. The van der Waals surface area contributed by atoms with Gasteiger partial charge < -0.3 is 16.0 Å². The first-order valence-electron chi connectivity index (χ1n) is 9.20. The number of carbonyl (C=O) groups excluding carboxylic acids is 3. The quantitative estimate of drug-likeness (QED) is 0.568. The van der Waals surface area contributed by atoms with E-state index in [0.29, 0.717) is 6.07 Å². The summed E-state index contributed by atoms with van der Waals surface area (Å²) < 4.78 is 55.7. The van der Waals surface area contributed by atoms with Gasteiger partial charge in [0.1, 0.15) is 5.82 Å². The number of piperidine rings is 1. The zero-order valence-corrected chi connectivity index (χ0v) is 16.2. The highest BCUT2D eigenvalue weighted by molar-refractivity contribution is 6.39. The van der Waals surface area contributed by atoms with Gasteiger partial charge in [-0.15, -0.1) is 0 Å². The van der Waals surface area contributed by atoms with Crippen LogP contribution in [0.15, 0.2) is 36.5 Å². The summed E-state index contributed by atoms with van der Waals surface area (Å²) in [6.45, 7) is 0.706. The third-order valence-electron chi connectivity index (χ3n) is 5.12. The molecule has 0 unspecified atom stereocenters. The van der Waals surface area contributed by atoms with Crippen molar-refractivity contribution >= 4 is 23.5 Å². The molecule has 164 valence electrons. The Labute approximate surface area is 174 Å². The third kappa shape index (κ3) is 4.49. The molecule has 0 aliphatic carbocycles. The van der Waals surface area contributed by atoms with Crippen LogP contribution in [0.1, 0.15) is 35.3 Å². The number of nitrogens with zero attached hydrogens (tertiary/aromatic N) is 2. The Morgan fingerprint density at radius 2 is 1.90 bits per heavy atom. The lowest BCUT2D eigenvalue weighted by atomic mass is 9.86. The van der Waals surface area contributed by atoms with E-state index in [4.69, 9.17) is 5.73 Å². The first-order chi connectivity index (χ1) is 14.5. The van der Waals surface area contributed by atoms with Crippen molar-refractivity contribution < 1.29 is 31.9 Å². The number of primary amides is 1. The molecule has 3 rings (SSSR count). The number of rotatable bonds is 3. The van der Waals surface area contributed by atoms with Gasteiger partial charge in [-0.25, -0.2) is 22.5 Å². The van der Waals surface area contributed by atoms with Gasteiger partial charge in [0.15, 0.2) is 11.6 Å². The maximum atomic E-state index is 14.4. The van der Waals surface area contributed by atoms with Crippen LogP contribution in [-0.2, 0) is 9.59 Å². The Balaban J connectivity index is 1.91. The third-order valence-corrected chi connectivity index (χ3v) is 5.12. The number of likely N-dealkylation sites (tertiary alicyclic amines) is 1. The zero-order valence-electron chi connectivity index (χ0n) is 16.2. The molecule has 0 saturated carbocycles. The average molecular weight is 438 g/mol. The Kier molecular flexibility index (Phi) is 5.96. The van der Waals surface area contributed by atoms with E-state index in [1.807, 2.05) is 0 Å². The molecular formula is C20H18F4N4O3. The van der Waals surface area contributed by atoms with Crippen LogP contribution in [0.4, 0.5) is 23.4 Å². The fraction of sp³-hybridized carbons (Fsp3) is 0.300. The van der Waals surface area contributed by atoms with Crippen molar-refractivity contribution in [3.63, 3.8) is 0 Å². The maximum absolute atomic E-state index is 14.4. The number of hydrogen-bond acceptors (Lipinski definition) is 4. The van der Waals surface area contributed by atoms with Gasteiger partial charge in [-0.05, 0) is 29.8 Å². The molecule has 0 spiro atoms. The molecule has 11 heteroatoms. The van der Waals surface area contributed by atoms with Crippen LogP contribution in [0.25, 0.3) is 0 Å². The fourth-order valence-corrected chi connectivity index (χ4v) is 3.36. The largest absolute Gasteiger partial charge is 0.365 e. The summed E-state index contributed by atoms with van der Waals surface area (Å²) in [5, 5.41) is 2.15. The van der Waals surface area contributed by atoms with E-state index in [0.717, 1.165) is 17.0 Å². The summed E-state index contributed by atoms with van der Waals surface area (Å²) in [7, 11) is 0. The molecule has 3 N–H and O–H groups in total. The van der Waals surface area contributed by atoms with E-state index in [-0.39, 0.29) is 16.9 Å². The summed E-state index contributed by atoms with van der Waals surface area (Å²) in [6.07, 6.45) is 0.370. The standard InChI is InChI=1S/C20H18F4N4O3/c1-10-9-28(15(8-20(10,23)24)11-4-5-13(21)14(22)7-11)19(31)18(30)27-17-12(16(25)29)3-2-6-26-17/h2-7,10,15H,8-9H2,1H3,(H2,25,29)(H,26,27,30)/t10-,15-/m0/s1. The molecule has 7 nitrogen and oxygen atoms in total. The normalized spacial score (nSPS) is 20.2. The molecule has 0 radical (unpaired) electrons. The molecule has 3 amide bonds. The molecule has 1 aromatic carbocycles. The van der Waals surface area contributed by atoms with Gasteiger partial charge in [0.25, 0.3) is 11.8 Å². The average Bonchev–Trinajstić information content (AvgIpc) is 2.71. The summed E-state index contributed by atoms with van der Waals surface area (Å²) in [5.74, 6) is -10.6. The van der Waals surface area contributed by atoms with E-state index in [1.165, 1.54) is 25.3 Å². The van der Waals surface area contributed by atoms with Crippen molar-refractivity contribution in [1.82, 2.24) is 9.88 Å². The SMILES string of the molecule is C[C@H]1CN(C(=O)C(=O)Nc2ncccc2C(N)=O)[C@H](c2ccc(F)c(F)c2)CC1(F)F. The van der Waals surface area contributed by atoms with Gasteiger partial charge in [0.2, 0.25) is 0 Å². The van der Waals surface area contributed by atoms with Crippen LogP contribution in [0.5, 0.6) is 0 Å². The van der Waals surface area contributed by atoms with Crippen LogP contribution >= 0.6 is 0 Å². The molecule has 1 aliphatic rings. The predicted octanol–water partition coefficient (Wildman–Crippen LogP) is 2.64. The van der Waals surface area contributed by atoms with Crippen LogP contribution in [0, 0.1) is 17.6 Å². The smallest absolute Gasteiger partial charge is 0.315 e. The number of pyridine rings is 1. The highest BCUT2D eigenvalue weighted by Gasteiger charge is 2.49. The second-order valence-electron chi connectivity index (χ2n) is 7.23. The van der Waals surface area contributed by atoms with Crippen LogP contribution in [0.2, 0.25) is 0 Å². The van der Waals surface area contributed by atoms with Gasteiger partial charge in [-0.1, -0.05) is 13.0 Å². The number of anilines is 1. The van der Waals surface area contributed by atoms with Crippen LogP contribution in [-0.4, -0.2) is 40.1 Å². The Morgan fingerprint density at radius 1 is 1.19 bits per heavy atom. The number of carbonyl (C=O) groups is 3. The van der Waals surface area contributed by atoms with Crippen LogP contribution in [0.3, 0.4) is 0 Å². The number of amides is 3. The second-order valence-corrected chi connectivity index (χ2v) is 7.23. The molecule has 2 atom stereocenters. The second kappa shape index (κ2) is 8.32. The van der Waals surface area contributed by atoms with Crippen molar-refractivity contribution in [2.75, 3.05) is 11.9 Å². The van der Waals surface area contributed by atoms with Crippen molar-refractivity contribution in [1.29, 1.82) is 0 Å². The van der Waals surface area contributed by atoms with E-state index >= 15 is 0 Å². The predicted molar refractivity (Wildman–Crippen MR) is 101 cm³/mol. The first-order valence-corrected chi connectivity index (χ1v) is 9.20. The van der Waals surface area contributed by atoms with Gasteiger partial charge >= 0.3 is 11.8 Å². The maximum Gasteiger partial charge on any atom is 0.315 e. The Hall–Kier alpha value is -3.50. The Morgan fingerprint density at radius 3 is 2.55 bits per heavy atom. The minimum atomic E-state index is -3.21. The van der Waals surface area contributed by atoms with Crippen LogP contribution < -0.4 is 11.1 Å². The van der Waals surface area contributed by atoms with E-state index in [1.54, 1.807) is 0 Å².